The Balaban J connectivity index is 1.70. The Bertz CT molecular complexity index is 682. The molecule has 0 radical (unpaired) electrons. The summed E-state index contributed by atoms with van der Waals surface area (Å²) < 4.78 is 8.03. The Kier molecular flexibility index (Phi) is 4.76. The molecular formula is C18H29N5O. The second-order valence-corrected chi connectivity index (χ2v) is 7.88. The zero-order chi connectivity index (χ0) is 17.3. The molecule has 1 aliphatic heterocycles. The third-order valence-electron chi connectivity index (χ3n) is 4.73. The van der Waals surface area contributed by atoms with Crippen LogP contribution >= 0.6 is 0 Å². The highest BCUT2D eigenvalue weighted by Gasteiger charge is 2.26. The highest BCUT2D eigenvalue weighted by Crippen LogP contribution is 2.25. The molecule has 1 atom stereocenters. The summed E-state index contributed by atoms with van der Waals surface area (Å²) in [5, 5.41) is 4.52. The summed E-state index contributed by atoms with van der Waals surface area (Å²) in [6.45, 7) is 13.2. The molecule has 0 aromatic carbocycles. The number of aryl methyl sites for hydroxylation is 2. The molecule has 6 heteroatoms. The van der Waals surface area contributed by atoms with Crippen LogP contribution in [-0.4, -0.2) is 37.2 Å². The van der Waals surface area contributed by atoms with Gasteiger partial charge in [-0.25, -0.2) is 14.6 Å². The molecule has 1 fully saturated rings. The third kappa shape index (κ3) is 3.86. The molecule has 3 heterocycles. The van der Waals surface area contributed by atoms with Gasteiger partial charge >= 0.3 is 0 Å². The van der Waals surface area contributed by atoms with Crippen LogP contribution in [0.1, 0.15) is 63.3 Å². The van der Waals surface area contributed by atoms with Crippen LogP contribution in [0.4, 0.5) is 0 Å². The standard InChI is InChI=1S/C18H29N5O/c1-13-20-14(2)23(21-13)11-15-8-6-7-9-22(15)12-17-19-10-16(24-17)18(3,4)5/h10,15H,6-9,11-12H2,1-5H3/t15-/m1/s1. The predicted molar refractivity (Wildman–Crippen MR) is 92.7 cm³/mol. The fourth-order valence-electron chi connectivity index (χ4n) is 3.31. The number of oxazole rings is 1. The summed E-state index contributed by atoms with van der Waals surface area (Å²) in [5.41, 5.74) is 0.00190. The van der Waals surface area contributed by atoms with Gasteiger partial charge < -0.3 is 4.42 Å². The van der Waals surface area contributed by atoms with Gasteiger partial charge in [0.2, 0.25) is 5.89 Å². The van der Waals surface area contributed by atoms with Gasteiger partial charge in [-0.1, -0.05) is 27.2 Å². The van der Waals surface area contributed by atoms with Crippen molar-refractivity contribution in [3.05, 3.63) is 29.5 Å². The lowest BCUT2D eigenvalue weighted by Gasteiger charge is -2.34. The number of rotatable bonds is 4. The first-order valence-corrected chi connectivity index (χ1v) is 8.90. The van der Waals surface area contributed by atoms with Crippen molar-refractivity contribution in [2.45, 2.75) is 78.4 Å². The van der Waals surface area contributed by atoms with E-state index in [1.807, 2.05) is 24.7 Å². The van der Waals surface area contributed by atoms with Gasteiger partial charge in [0, 0.05) is 11.5 Å². The Morgan fingerprint density at radius 2 is 2.04 bits per heavy atom. The summed E-state index contributed by atoms with van der Waals surface area (Å²) in [6, 6.07) is 0.462. The minimum Gasteiger partial charge on any atom is -0.444 e. The van der Waals surface area contributed by atoms with E-state index in [0.717, 1.165) is 42.9 Å². The van der Waals surface area contributed by atoms with Gasteiger partial charge in [-0.05, 0) is 33.2 Å². The second kappa shape index (κ2) is 6.67. The van der Waals surface area contributed by atoms with Crippen LogP contribution in [0.2, 0.25) is 0 Å². The Hall–Kier alpha value is -1.69. The lowest BCUT2D eigenvalue weighted by atomic mass is 9.94. The highest BCUT2D eigenvalue weighted by atomic mass is 16.4. The molecule has 132 valence electrons. The van der Waals surface area contributed by atoms with Crippen molar-refractivity contribution in [2.75, 3.05) is 6.54 Å². The van der Waals surface area contributed by atoms with Crippen molar-refractivity contribution in [1.82, 2.24) is 24.6 Å². The number of likely N-dealkylation sites (tertiary alicyclic amines) is 1. The molecule has 0 aliphatic carbocycles. The monoisotopic (exact) mass is 331 g/mol. The van der Waals surface area contributed by atoms with Crippen molar-refractivity contribution in [2.24, 2.45) is 0 Å². The van der Waals surface area contributed by atoms with E-state index in [-0.39, 0.29) is 5.41 Å². The minimum absolute atomic E-state index is 0.00190. The molecule has 2 aromatic rings. The van der Waals surface area contributed by atoms with Crippen molar-refractivity contribution in [3.8, 4) is 0 Å². The van der Waals surface area contributed by atoms with Gasteiger partial charge in [-0.2, -0.15) is 5.10 Å². The van der Waals surface area contributed by atoms with Crippen LogP contribution in [0.25, 0.3) is 0 Å². The molecule has 0 saturated carbocycles. The van der Waals surface area contributed by atoms with E-state index in [9.17, 15) is 0 Å². The van der Waals surface area contributed by atoms with Crippen LogP contribution in [0.15, 0.2) is 10.6 Å². The van der Waals surface area contributed by atoms with Crippen molar-refractivity contribution in [1.29, 1.82) is 0 Å². The Labute approximate surface area is 144 Å². The maximum absolute atomic E-state index is 5.99. The molecule has 0 bridgehead atoms. The zero-order valence-electron chi connectivity index (χ0n) is 15.5. The van der Waals surface area contributed by atoms with E-state index in [2.05, 4.69) is 40.7 Å². The molecule has 6 nitrogen and oxygen atoms in total. The largest absolute Gasteiger partial charge is 0.444 e. The van der Waals surface area contributed by atoms with Gasteiger partial charge in [-0.3, -0.25) is 4.90 Å². The molecule has 3 rings (SSSR count). The van der Waals surface area contributed by atoms with Gasteiger partial charge in [0.25, 0.3) is 0 Å². The van der Waals surface area contributed by atoms with E-state index in [0.29, 0.717) is 6.04 Å². The van der Waals surface area contributed by atoms with Crippen LogP contribution in [0, 0.1) is 13.8 Å². The number of hydrogen-bond acceptors (Lipinski definition) is 5. The van der Waals surface area contributed by atoms with E-state index in [1.54, 1.807) is 0 Å². The maximum atomic E-state index is 5.99. The molecule has 0 N–H and O–H groups in total. The van der Waals surface area contributed by atoms with E-state index < -0.39 is 0 Å². The zero-order valence-corrected chi connectivity index (χ0v) is 15.5. The first-order chi connectivity index (χ1) is 11.3. The van der Waals surface area contributed by atoms with Gasteiger partial charge in [0.05, 0.1) is 19.3 Å². The van der Waals surface area contributed by atoms with Crippen LogP contribution in [0.3, 0.4) is 0 Å². The molecule has 1 saturated heterocycles. The van der Waals surface area contributed by atoms with Gasteiger partial charge in [0.15, 0.2) is 0 Å². The lowest BCUT2D eigenvalue weighted by Crippen LogP contribution is -2.42. The summed E-state index contributed by atoms with van der Waals surface area (Å²) in [7, 11) is 0. The van der Waals surface area contributed by atoms with Crippen molar-refractivity contribution < 1.29 is 4.42 Å². The molecule has 0 amide bonds. The van der Waals surface area contributed by atoms with Crippen molar-refractivity contribution in [3.63, 3.8) is 0 Å². The smallest absolute Gasteiger partial charge is 0.208 e. The molecule has 24 heavy (non-hydrogen) atoms. The second-order valence-electron chi connectivity index (χ2n) is 7.88. The number of aromatic nitrogens is 4. The van der Waals surface area contributed by atoms with E-state index in [4.69, 9.17) is 4.42 Å². The van der Waals surface area contributed by atoms with E-state index >= 15 is 0 Å². The molecule has 1 aliphatic rings. The number of hydrogen-bond donors (Lipinski definition) is 0. The summed E-state index contributed by atoms with van der Waals surface area (Å²) in [4.78, 5) is 11.4. The maximum Gasteiger partial charge on any atom is 0.208 e. The van der Waals surface area contributed by atoms with Crippen LogP contribution in [0.5, 0.6) is 0 Å². The van der Waals surface area contributed by atoms with E-state index in [1.165, 1.54) is 19.3 Å². The fraction of sp³-hybridized carbons (Fsp3) is 0.722. The molecule has 0 unspecified atom stereocenters. The third-order valence-corrected chi connectivity index (χ3v) is 4.73. The quantitative estimate of drug-likeness (QED) is 0.861. The van der Waals surface area contributed by atoms with Crippen LogP contribution < -0.4 is 0 Å². The SMILES string of the molecule is Cc1nc(C)n(C[C@H]2CCCCN2Cc2ncc(C(C)(C)C)o2)n1. The summed E-state index contributed by atoms with van der Waals surface area (Å²) in [5.74, 6) is 3.61. The normalized spacial score (nSPS) is 19.8. The predicted octanol–water partition coefficient (Wildman–Crippen LogP) is 3.24. The summed E-state index contributed by atoms with van der Waals surface area (Å²) in [6.07, 6.45) is 5.57. The average molecular weight is 331 g/mol. The van der Waals surface area contributed by atoms with Crippen LogP contribution in [-0.2, 0) is 18.5 Å². The highest BCUT2D eigenvalue weighted by molar-refractivity contribution is 5.06. The summed E-state index contributed by atoms with van der Waals surface area (Å²) >= 11 is 0. The lowest BCUT2D eigenvalue weighted by molar-refractivity contribution is 0.109. The van der Waals surface area contributed by atoms with Crippen molar-refractivity contribution >= 4 is 0 Å². The average Bonchev–Trinajstić information content (AvgIpc) is 3.08. The molecular weight excluding hydrogens is 302 g/mol. The van der Waals surface area contributed by atoms with Gasteiger partial charge in [0.1, 0.15) is 17.4 Å². The topological polar surface area (TPSA) is 60.0 Å². The Morgan fingerprint density at radius 1 is 1.25 bits per heavy atom. The fourth-order valence-corrected chi connectivity index (χ4v) is 3.31. The number of nitrogens with zero attached hydrogens (tertiary/aromatic N) is 5. The first-order valence-electron chi connectivity index (χ1n) is 8.90. The Morgan fingerprint density at radius 3 is 2.67 bits per heavy atom. The molecule has 2 aromatic heterocycles. The minimum atomic E-state index is 0.00190. The first kappa shape index (κ1) is 17.1. The molecule has 0 spiro atoms. The number of piperidine rings is 1. The van der Waals surface area contributed by atoms with Gasteiger partial charge in [-0.15, -0.1) is 0 Å².